The molecule has 1 unspecified atom stereocenters. The molecule has 5 heteroatoms. The summed E-state index contributed by atoms with van der Waals surface area (Å²) in [6.07, 6.45) is -0.624. The molecule has 0 aliphatic heterocycles. The largest absolute Gasteiger partial charge is 0.456 e. The molecule has 0 saturated carbocycles. The van der Waals surface area contributed by atoms with E-state index in [1.165, 1.54) is 0 Å². The molecule has 2 aromatic rings. The van der Waals surface area contributed by atoms with Crippen molar-refractivity contribution in [2.45, 2.75) is 13.0 Å². The van der Waals surface area contributed by atoms with Crippen molar-refractivity contribution >= 4 is 34.8 Å². The number of hydrogen-bond acceptors (Lipinski definition) is 2. The van der Waals surface area contributed by atoms with Gasteiger partial charge in [-0.25, -0.2) is 0 Å². The van der Waals surface area contributed by atoms with E-state index in [1.54, 1.807) is 43.3 Å². The molecule has 0 aromatic heterocycles. The summed E-state index contributed by atoms with van der Waals surface area (Å²) >= 11 is 17.9. The van der Waals surface area contributed by atoms with Crippen molar-refractivity contribution in [2.75, 3.05) is 0 Å². The first kappa shape index (κ1) is 14.5. The van der Waals surface area contributed by atoms with Crippen LogP contribution in [0.25, 0.3) is 0 Å². The van der Waals surface area contributed by atoms with Crippen LogP contribution < -0.4 is 4.74 Å². The summed E-state index contributed by atoms with van der Waals surface area (Å²) in [6.45, 7) is 1.65. The third-order valence-corrected chi connectivity index (χ3v) is 3.40. The van der Waals surface area contributed by atoms with E-state index in [0.717, 1.165) is 0 Å². The number of ether oxygens (including phenoxy) is 1. The quantitative estimate of drug-likeness (QED) is 0.810. The lowest BCUT2D eigenvalue weighted by Crippen LogP contribution is -1.93. The van der Waals surface area contributed by atoms with E-state index in [9.17, 15) is 5.11 Å². The Hall–Kier alpha value is -0.930. The molecule has 0 radical (unpaired) electrons. The van der Waals surface area contributed by atoms with Gasteiger partial charge >= 0.3 is 0 Å². The van der Waals surface area contributed by atoms with Crippen molar-refractivity contribution in [3.05, 3.63) is 57.0 Å². The van der Waals surface area contributed by atoms with Crippen molar-refractivity contribution in [2.24, 2.45) is 0 Å². The summed E-state index contributed by atoms with van der Waals surface area (Å²) in [4.78, 5) is 0. The number of hydrogen-bond donors (Lipinski definition) is 1. The van der Waals surface area contributed by atoms with Gasteiger partial charge in [0.2, 0.25) is 0 Å². The van der Waals surface area contributed by atoms with Gasteiger partial charge in [-0.2, -0.15) is 0 Å². The van der Waals surface area contributed by atoms with Crippen LogP contribution in [-0.4, -0.2) is 5.11 Å². The van der Waals surface area contributed by atoms with Crippen LogP contribution in [0.2, 0.25) is 15.1 Å². The Morgan fingerprint density at radius 1 is 1.00 bits per heavy atom. The Morgan fingerprint density at radius 2 is 1.74 bits per heavy atom. The van der Waals surface area contributed by atoms with E-state index in [0.29, 0.717) is 32.1 Å². The van der Waals surface area contributed by atoms with Crippen LogP contribution in [0.1, 0.15) is 18.6 Å². The van der Waals surface area contributed by atoms with Crippen LogP contribution in [0.5, 0.6) is 11.5 Å². The molecular weight excluding hydrogens is 307 g/mol. The first-order valence-corrected chi connectivity index (χ1v) is 6.71. The van der Waals surface area contributed by atoms with Crippen LogP contribution in [0.4, 0.5) is 0 Å². The first-order valence-electron chi connectivity index (χ1n) is 5.58. The standard InChI is InChI=1S/C14H11Cl3O2/c1-8(18)11-4-3-10(7-12(11)16)19-14-5-2-9(15)6-13(14)17/h2-8,18H,1H3. The zero-order chi connectivity index (χ0) is 14.0. The van der Waals surface area contributed by atoms with E-state index >= 15 is 0 Å². The first-order chi connectivity index (χ1) is 8.97. The van der Waals surface area contributed by atoms with Gasteiger partial charge in [0.15, 0.2) is 0 Å². The summed E-state index contributed by atoms with van der Waals surface area (Å²) in [5.74, 6) is 1.03. The number of aliphatic hydroxyl groups is 1. The molecule has 0 aliphatic rings. The van der Waals surface area contributed by atoms with Crippen LogP contribution in [0, 0.1) is 0 Å². The van der Waals surface area contributed by atoms with Gasteiger partial charge < -0.3 is 9.84 Å². The van der Waals surface area contributed by atoms with Crippen molar-refractivity contribution in [1.29, 1.82) is 0 Å². The van der Waals surface area contributed by atoms with Gasteiger partial charge in [0.1, 0.15) is 11.5 Å². The van der Waals surface area contributed by atoms with E-state index < -0.39 is 6.10 Å². The highest BCUT2D eigenvalue weighted by molar-refractivity contribution is 6.35. The highest BCUT2D eigenvalue weighted by Gasteiger charge is 2.09. The predicted molar refractivity (Wildman–Crippen MR) is 78.6 cm³/mol. The van der Waals surface area contributed by atoms with Gasteiger partial charge in [-0.1, -0.05) is 40.9 Å². The molecular formula is C14H11Cl3O2. The van der Waals surface area contributed by atoms with E-state index in [-0.39, 0.29) is 0 Å². The lowest BCUT2D eigenvalue weighted by molar-refractivity contribution is 0.199. The molecule has 100 valence electrons. The molecule has 2 aromatic carbocycles. The Balaban J connectivity index is 2.26. The third-order valence-electron chi connectivity index (χ3n) is 2.54. The molecule has 0 heterocycles. The van der Waals surface area contributed by atoms with Crippen LogP contribution >= 0.6 is 34.8 Å². The molecule has 0 bridgehead atoms. The summed E-state index contributed by atoms with van der Waals surface area (Å²) in [7, 11) is 0. The van der Waals surface area contributed by atoms with Crippen molar-refractivity contribution in [3.8, 4) is 11.5 Å². The molecule has 1 N–H and O–H groups in total. The van der Waals surface area contributed by atoms with Crippen LogP contribution in [0.15, 0.2) is 36.4 Å². The minimum absolute atomic E-state index is 0.420. The number of aliphatic hydroxyl groups excluding tert-OH is 1. The van der Waals surface area contributed by atoms with Crippen molar-refractivity contribution in [3.63, 3.8) is 0 Å². The maximum atomic E-state index is 9.50. The average Bonchev–Trinajstić information content (AvgIpc) is 2.32. The van der Waals surface area contributed by atoms with Gasteiger partial charge in [-0.3, -0.25) is 0 Å². The molecule has 2 nitrogen and oxygen atoms in total. The second kappa shape index (κ2) is 6.02. The SMILES string of the molecule is CC(O)c1ccc(Oc2ccc(Cl)cc2Cl)cc1Cl. The Kier molecular flexibility index (Phi) is 4.58. The summed E-state index contributed by atoms with van der Waals surface area (Å²) < 4.78 is 5.62. The van der Waals surface area contributed by atoms with Crippen molar-refractivity contribution < 1.29 is 9.84 Å². The van der Waals surface area contributed by atoms with Gasteiger partial charge in [0.05, 0.1) is 16.1 Å². The lowest BCUT2D eigenvalue weighted by Gasteiger charge is -2.11. The van der Waals surface area contributed by atoms with Gasteiger partial charge in [-0.15, -0.1) is 0 Å². The van der Waals surface area contributed by atoms with Gasteiger partial charge in [0.25, 0.3) is 0 Å². The molecule has 1 atom stereocenters. The molecule has 0 fully saturated rings. The van der Waals surface area contributed by atoms with Gasteiger partial charge in [-0.05, 0) is 42.8 Å². The zero-order valence-electron chi connectivity index (χ0n) is 10.0. The second-order valence-corrected chi connectivity index (χ2v) is 5.29. The lowest BCUT2D eigenvalue weighted by atomic mass is 10.1. The predicted octanol–water partition coefficient (Wildman–Crippen LogP) is 5.49. The number of rotatable bonds is 3. The average molecular weight is 318 g/mol. The summed E-state index contributed by atoms with van der Waals surface area (Å²) in [5, 5.41) is 10.9. The fourth-order valence-corrected chi connectivity index (χ4v) is 2.37. The number of benzene rings is 2. The maximum Gasteiger partial charge on any atom is 0.146 e. The van der Waals surface area contributed by atoms with E-state index in [4.69, 9.17) is 39.5 Å². The highest BCUT2D eigenvalue weighted by atomic mass is 35.5. The monoisotopic (exact) mass is 316 g/mol. The Bertz CT molecular complexity index is 597. The van der Waals surface area contributed by atoms with E-state index in [2.05, 4.69) is 0 Å². The fraction of sp³-hybridized carbons (Fsp3) is 0.143. The topological polar surface area (TPSA) is 29.5 Å². The maximum absolute atomic E-state index is 9.50. The smallest absolute Gasteiger partial charge is 0.146 e. The Morgan fingerprint density at radius 3 is 2.32 bits per heavy atom. The molecule has 0 amide bonds. The highest BCUT2D eigenvalue weighted by Crippen LogP contribution is 2.34. The molecule has 0 saturated heterocycles. The molecule has 2 rings (SSSR count). The van der Waals surface area contributed by atoms with Gasteiger partial charge in [0, 0.05) is 5.02 Å². The van der Waals surface area contributed by atoms with E-state index in [1.807, 2.05) is 0 Å². The minimum atomic E-state index is -0.624. The molecule has 0 spiro atoms. The summed E-state index contributed by atoms with van der Waals surface area (Å²) in [6, 6.07) is 10.0. The zero-order valence-corrected chi connectivity index (χ0v) is 12.3. The Labute approximate surface area is 126 Å². The van der Waals surface area contributed by atoms with Crippen molar-refractivity contribution in [1.82, 2.24) is 0 Å². The normalized spacial score (nSPS) is 12.3. The second-order valence-electron chi connectivity index (χ2n) is 4.04. The summed E-state index contributed by atoms with van der Waals surface area (Å²) in [5.41, 5.74) is 0.649. The fourth-order valence-electron chi connectivity index (χ4n) is 1.60. The number of halogens is 3. The molecule has 0 aliphatic carbocycles. The minimum Gasteiger partial charge on any atom is -0.456 e. The molecule has 19 heavy (non-hydrogen) atoms. The van der Waals surface area contributed by atoms with Crippen LogP contribution in [-0.2, 0) is 0 Å². The third kappa shape index (κ3) is 3.54. The van der Waals surface area contributed by atoms with Crippen LogP contribution in [0.3, 0.4) is 0 Å².